The average molecular weight is 327 g/mol. The van der Waals surface area contributed by atoms with Crippen molar-refractivity contribution in [3.8, 4) is 5.75 Å². The molecule has 118 valence electrons. The van der Waals surface area contributed by atoms with Gasteiger partial charge in [0, 0.05) is 17.4 Å². The van der Waals surface area contributed by atoms with Gasteiger partial charge in [-0.25, -0.2) is 14.6 Å². The third-order valence-corrected chi connectivity index (χ3v) is 2.77. The third kappa shape index (κ3) is 6.27. The van der Waals surface area contributed by atoms with Gasteiger partial charge < -0.3 is 19.5 Å². The number of aromatic nitrogens is 2. The molecule has 7 nitrogen and oxygen atoms in total. The molecule has 2 rings (SSSR count). The first-order chi connectivity index (χ1) is 10.4. The fourth-order valence-electron chi connectivity index (χ4n) is 1.43. The smallest absolute Gasteiger partial charge is 0.414 e. The Hall–Kier alpha value is -2.54. The van der Waals surface area contributed by atoms with Crippen molar-refractivity contribution in [1.82, 2.24) is 9.55 Å². The molecule has 0 spiro atoms. The Kier molecular flexibility index (Phi) is 6.91. The molecule has 0 radical (unpaired) electrons. The summed E-state index contributed by atoms with van der Waals surface area (Å²) in [5.41, 5.74) is 0. The summed E-state index contributed by atoms with van der Waals surface area (Å²) in [7, 11) is 0. The molecule has 1 aromatic carbocycles. The van der Waals surface area contributed by atoms with Gasteiger partial charge in [-0.15, -0.1) is 0 Å². The highest BCUT2D eigenvalue weighted by molar-refractivity contribution is 6.30. The lowest BCUT2D eigenvalue weighted by atomic mass is 10.3. The topological polar surface area (TPSA) is 102 Å². The maximum Gasteiger partial charge on any atom is 0.414 e. The van der Waals surface area contributed by atoms with Crippen LogP contribution in [0.25, 0.3) is 0 Å². The van der Waals surface area contributed by atoms with Crippen LogP contribution < -0.4 is 4.74 Å². The minimum absolute atomic E-state index is 0.624. The normalized spacial score (nSPS) is 9.55. The van der Waals surface area contributed by atoms with E-state index in [2.05, 4.69) is 9.55 Å². The van der Waals surface area contributed by atoms with E-state index in [1.807, 2.05) is 37.4 Å². The molecule has 1 heterocycles. The largest absolute Gasteiger partial charge is 0.492 e. The first-order valence-corrected chi connectivity index (χ1v) is 6.60. The summed E-state index contributed by atoms with van der Waals surface area (Å²) in [4.78, 5) is 22.3. The van der Waals surface area contributed by atoms with Crippen LogP contribution in [0.15, 0.2) is 36.7 Å². The van der Waals surface area contributed by atoms with Gasteiger partial charge in [-0.05, 0) is 31.2 Å². The molecule has 0 aliphatic heterocycles. The fourth-order valence-corrected chi connectivity index (χ4v) is 1.56. The Morgan fingerprint density at radius 2 is 1.82 bits per heavy atom. The standard InChI is InChI=1S/C12H13ClN2O.C2H2O4/c1-10-14-6-7-15(10)8-9-16-12-4-2-11(13)3-5-12;3-1(4)2(5)6/h2-7H,8-9H2,1H3;(H,3,4)(H,5,6). The van der Waals surface area contributed by atoms with E-state index in [0.29, 0.717) is 6.61 Å². The maximum absolute atomic E-state index is 9.10. The van der Waals surface area contributed by atoms with E-state index in [-0.39, 0.29) is 0 Å². The lowest BCUT2D eigenvalue weighted by Crippen LogP contribution is -2.09. The van der Waals surface area contributed by atoms with Crippen molar-refractivity contribution in [2.45, 2.75) is 13.5 Å². The van der Waals surface area contributed by atoms with Crippen LogP contribution in [-0.2, 0) is 16.1 Å². The molecule has 22 heavy (non-hydrogen) atoms. The maximum atomic E-state index is 9.10. The molecule has 0 aliphatic rings. The van der Waals surface area contributed by atoms with E-state index in [4.69, 9.17) is 36.1 Å². The van der Waals surface area contributed by atoms with Crippen molar-refractivity contribution < 1.29 is 24.5 Å². The molecule has 0 atom stereocenters. The highest BCUT2D eigenvalue weighted by Crippen LogP contribution is 2.15. The van der Waals surface area contributed by atoms with Gasteiger partial charge in [0.05, 0.1) is 6.54 Å². The predicted molar refractivity (Wildman–Crippen MR) is 79.2 cm³/mol. The summed E-state index contributed by atoms with van der Waals surface area (Å²) in [6.45, 7) is 3.40. The zero-order valence-electron chi connectivity index (χ0n) is 11.8. The van der Waals surface area contributed by atoms with E-state index >= 15 is 0 Å². The average Bonchev–Trinajstić information content (AvgIpc) is 2.87. The number of halogens is 1. The van der Waals surface area contributed by atoms with Gasteiger partial charge in [0.25, 0.3) is 0 Å². The monoisotopic (exact) mass is 326 g/mol. The van der Waals surface area contributed by atoms with Gasteiger partial charge in [-0.2, -0.15) is 0 Å². The van der Waals surface area contributed by atoms with E-state index in [9.17, 15) is 0 Å². The first-order valence-electron chi connectivity index (χ1n) is 6.22. The number of imidazole rings is 1. The van der Waals surface area contributed by atoms with Crippen LogP contribution in [0.1, 0.15) is 5.82 Å². The highest BCUT2D eigenvalue weighted by atomic mass is 35.5. The number of carbonyl (C=O) groups is 2. The van der Waals surface area contributed by atoms with Gasteiger partial charge in [0.1, 0.15) is 18.2 Å². The number of ether oxygens (including phenoxy) is 1. The van der Waals surface area contributed by atoms with Crippen LogP contribution in [0.5, 0.6) is 5.75 Å². The van der Waals surface area contributed by atoms with Gasteiger partial charge >= 0.3 is 11.9 Å². The van der Waals surface area contributed by atoms with Crippen molar-refractivity contribution in [1.29, 1.82) is 0 Å². The number of hydrogen-bond donors (Lipinski definition) is 2. The van der Waals surface area contributed by atoms with E-state index in [1.54, 1.807) is 6.20 Å². The number of carboxylic acids is 2. The van der Waals surface area contributed by atoms with Crippen molar-refractivity contribution in [3.05, 3.63) is 47.5 Å². The second-order valence-corrected chi connectivity index (χ2v) is 4.52. The summed E-state index contributed by atoms with van der Waals surface area (Å²) in [5.74, 6) is -1.81. The van der Waals surface area contributed by atoms with Crippen molar-refractivity contribution in [3.63, 3.8) is 0 Å². The van der Waals surface area contributed by atoms with E-state index in [1.165, 1.54) is 0 Å². The van der Waals surface area contributed by atoms with Crippen LogP contribution in [0.2, 0.25) is 5.02 Å². The zero-order valence-corrected chi connectivity index (χ0v) is 12.5. The molecule has 0 saturated heterocycles. The van der Waals surface area contributed by atoms with Crippen molar-refractivity contribution >= 4 is 23.5 Å². The number of rotatable bonds is 4. The molecule has 0 aliphatic carbocycles. The summed E-state index contributed by atoms with van der Waals surface area (Å²) in [6.07, 6.45) is 3.73. The summed E-state index contributed by atoms with van der Waals surface area (Å²) < 4.78 is 7.63. The van der Waals surface area contributed by atoms with Gasteiger partial charge in [-0.1, -0.05) is 11.6 Å². The molecule has 1 aromatic heterocycles. The molecule has 2 N–H and O–H groups in total. The number of nitrogens with zero attached hydrogens (tertiary/aromatic N) is 2. The minimum Gasteiger partial charge on any atom is -0.492 e. The Labute approximate surface area is 131 Å². The zero-order chi connectivity index (χ0) is 16.5. The lowest BCUT2D eigenvalue weighted by Gasteiger charge is -2.07. The molecule has 0 saturated carbocycles. The summed E-state index contributed by atoms with van der Waals surface area (Å²) in [6, 6.07) is 7.37. The molecule has 0 fully saturated rings. The van der Waals surface area contributed by atoms with Gasteiger partial charge in [-0.3, -0.25) is 0 Å². The molecular weight excluding hydrogens is 312 g/mol. The number of aryl methyl sites for hydroxylation is 1. The Morgan fingerprint density at radius 3 is 2.27 bits per heavy atom. The minimum atomic E-state index is -1.82. The second-order valence-electron chi connectivity index (χ2n) is 4.08. The van der Waals surface area contributed by atoms with Crippen molar-refractivity contribution in [2.24, 2.45) is 0 Å². The van der Waals surface area contributed by atoms with E-state index in [0.717, 1.165) is 23.1 Å². The van der Waals surface area contributed by atoms with Crippen LogP contribution in [-0.4, -0.2) is 38.3 Å². The Bertz CT molecular complexity index is 612. The molecular formula is C14H15ClN2O5. The summed E-state index contributed by atoms with van der Waals surface area (Å²) in [5, 5.41) is 15.5. The quantitative estimate of drug-likeness (QED) is 0.834. The predicted octanol–water partition coefficient (Wildman–Crippen LogP) is 2.08. The first kappa shape index (κ1) is 17.5. The molecule has 0 unspecified atom stereocenters. The second kappa shape index (κ2) is 8.68. The van der Waals surface area contributed by atoms with Crippen LogP contribution in [0.3, 0.4) is 0 Å². The van der Waals surface area contributed by atoms with Gasteiger partial charge in [0.2, 0.25) is 0 Å². The van der Waals surface area contributed by atoms with Gasteiger partial charge in [0.15, 0.2) is 0 Å². The SMILES string of the molecule is Cc1nccn1CCOc1ccc(Cl)cc1.O=C(O)C(=O)O. The number of carboxylic acid groups (broad SMARTS) is 2. The third-order valence-electron chi connectivity index (χ3n) is 2.52. The molecule has 8 heteroatoms. The Morgan fingerprint density at radius 1 is 1.23 bits per heavy atom. The lowest BCUT2D eigenvalue weighted by molar-refractivity contribution is -0.159. The summed E-state index contributed by atoms with van der Waals surface area (Å²) >= 11 is 5.78. The number of benzene rings is 1. The highest BCUT2D eigenvalue weighted by Gasteiger charge is 2.04. The molecule has 0 bridgehead atoms. The number of aliphatic carboxylic acids is 2. The van der Waals surface area contributed by atoms with Crippen LogP contribution in [0.4, 0.5) is 0 Å². The molecule has 0 amide bonds. The molecule has 2 aromatic rings. The fraction of sp³-hybridized carbons (Fsp3) is 0.214. The van der Waals surface area contributed by atoms with E-state index < -0.39 is 11.9 Å². The van der Waals surface area contributed by atoms with Crippen LogP contribution in [0, 0.1) is 6.92 Å². The van der Waals surface area contributed by atoms with Crippen LogP contribution >= 0.6 is 11.6 Å². The number of hydrogen-bond acceptors (Lipinski definition) is 4. The van der Waals surface area contributed by atoms with Crippen molar-refractivity contribution in [2.75, 3.05) is 6.61 Å². The Balaban J connectivity index is 0.000000346.